The number of nitro groups is 2. The minimum absolute atomic E-state index is 0.141. The maximum Gasteiger partial charge on any atom is 0.297 e. The van der Waals surface area contributed by atoms with Crippen LogP contribution in [-0.2, 0) is 0 Å². The first-order valence-corrected chi connectivity index (χ1v) is 43.6. The third kappa shape index (κ3) is 15.3. The fourth-order valence-corrected chi connectivity index (χ4v) is 18.4. The molecule has 9 aromatic carbocycles. The molecule has 0 spiro atoms. The number of fused-ring (bicyclic) bond motifs is 10. The van der Waals surface area contributed by atoms with Gasteiger partial charge in [0.15, 0.2) is 11.0 Å². The van der Waals surface area contributed by atoms with Crippen molar-refractivity contribution in [2.24, 2.45) is 0 Å². The summed E-state index contributed by atoms with van der Waals surface area (Å²) in [6.45, 7) is 17.7. The Labute approximate surface area is 613 Å². The van der Waals surface area contributed by atoms with Gasteiger partial charge in [-0.25, -0.2) is 9.97 Å². The number of pyridine rings is 2. The summed E-state index contributed by atoms with van der Waals surface area (Å²) in [6, 6.07) is 36.1. The minimum Gasteiger partial charge on any atom is -0.544 e. The zero-order chi connectivity index (χ0) is 72.8. The summed E-state index contributed by atoms with van der Waals surface area (Å²) in [7, 11) is -2.12. The van der Waals surface area contributed by atoms with Crippen molar-refractivity contribution in [3.8, 4) is 28.0 Å². The summed E-state index contributed by atoms with van der Waals surface area (Å²) in [5.74, 6) is 1.44. The lowest BCUT2D eigenvalue weighted by atomic mass is 9.85. The molecular weight excluding hydrogens is 1310 g/mol. The van der Waals surface area contributed by atoms with Crippen LogP contribution in [0.1, 0.15) is 262 Å². The zero-order valence-corrected chi connectivity index (χ0v) is 64.2. The number of benzene rings is 9. The van der Waals surface area contributed by atoms with Crippen molar-refractivity contribution < 1.29 is 14.3 Å². The van der Waals surface area contributed by atoms with E-state index < -0.39 is 8.32 Å². The summed E-state index contributed by atoms with van der Waals surface area (Å²) in [6.07, 6.45) is 39.2. The second-order valence-corrected chi connectivity index (χ2v) is 36.1. The van der Waals surface area contributed by atoms with Crippen LogP contribution in [0.15, 0.2) is 119 Å². The quantitative estimate of drug-likeness (QED) is 0.00908. The zero-order valence-electron chi connectivity index (χ0n) is 63.2. The van der Waals surface area contributed by atoms with Crippen LogP contribution in [0.4, 0.5) is 11.4 Å². The lowest BCUT2D eigenvalue weighted by Crippen LogP contribution is -2.29. The minimum atomic E-state index is -2.12. The number of non-ortho nitro benzene ring substituents is 2. The second kappa shape index (κ2) is 32.8. The average molecular weight is 1410 g/mol. The van der Waals surface area contributed by atoms with Gasteiger partial charge in [-0.3, -0.25) is 38.6 Å². The second-order valence-electron chi connectivity index (χ2n) is 31.7. The molecule has 0 aliphatic heterocycles. The van der Waals surface area contributed by atoms with Gasteiger partial charge >= 0.3 is 0 Å². The number of hydrogen-bond acceptors (Lipinski definition) is 9. The molecule has 2 unspecified atom stereocenters. The molecule has 104 heavy (non-hydrogen) atoms. The Hall–Kier alpha value is -8.62. The van der Waals surface area contributed by atoms with Crippen LogP contribution in [0, 0.1) is 27.2 Å². The van der Waals surface area contributed by atoms with E-state index in [1.807, 2.05) is 66.7 Å². The molecule has 4 heterocycles. The van der Waals surface area contributed by atoms with Gasteiger partial charge in [0.1, 0.15) is 17.0 Å². The van der Waals surface area contributed by atoms with Crippen molar-refractivity contribution in [3.05, 3.63) is 167 Å². The number of imidazole rings is 2. The van der Waals surface area contributed by atoms with Gasteiger partial charge < -0.3 is 4.43 Å². The molecule has 0 aliphatic rings. The molecule has 0 bridgehead atoms. The smallest absolute Gasteiger partial charge is 0.297 e. The maximum atomic E-state index is 15.6. The fourth-order valence-electron chi connectivity index (χ4n) is 17.6. The predicted octanol–water partition coefficient (Wildman–Crippen LogP) is 26.6. The largest absolute Gasteiger partial charge is 0.544 e. The molecule has 0 amide bonds. The normalized spacial score (nSPS) is 13.0. The molecule has 14 heteroatoms. The third-order valence-electron chi connectivity index (χ3n) is 22.8. The van der Waals surface area contributed by atoms with Gasteiger partial charge in [0.05, 0.1) is 20.9 Å². The highest BCUT2D eigenvalue weighted by atomic mass is 28.4. The van der Waals surface area contributed by atoms with Crippen molar-refractivity contribution in [2.45, 2.75) is 272 Å². The Morgan fingerprint density at radius 3 is 1.05 bits per heavy atom. The molecule has 0 aliphatic carbocycles. The molecule has 4 aromatic heterocycles. The van der Waals surface area contributed by atoms with Gasteiger partial charge in [0.2, 0.25) is 8.32 Å². The topological polar surface area (TPSA) is 164 Å². The molecular formula is C90H108N6O7Si. The van der Waals surface area contributed by atoms with Crippen LogP contribution >= 0.6 is 0 Å². The SMILES string of the molecule is CCCCCCCCCCC(CCCCCCCC)c1cc(C)cc(-c2cc([N+](=O)[O-])c3nc4c5ccc6c7ccc8c(=O)n9c%10cc(-c%11cc(O[Si](C)(C)C)cc(C(CCCCCCCC)CCCCCCCCCC)c%11)cc([N+](=O)[O-])c%10nc9c9ccc(c%10ccc(c(=O)n4c3c2)c5c6%10)c7c89)c1. The van der Waals surface area contributed by atoms with Crippen LogP contribution < -0.4 is 15.5 Å². The molecule has 0 fully saturated rings. The summed E-state index contributed by atoms with van der Waals surface area (Å²) in [5.41, 5.74) is 7.36. The van der Waals surface area contributed by atoms with Gasteiger partial charge in [0.25, 0.3) is 22.5 Å². The Bertz CT molecular complexity index is 5340. The Morgan fingerprint density at radius 1 is 0.385 bits per heavy atom. The number of aryl methyl sites for hydroxylation is 1. The van der Waals surface area contributed by atoms with Gasteiger partial charge in [0, 0.05) is 44.5 Å². The molecule has 13 nitrogen and oxygen atoms in total. The van der Waals surface area contributed by atoms with E-state index in [1.165, 1.54) is 178 Å². The van der Waals surface area contributed by atoms with E-state index in [-0.39, 0.29) is 43.4 Å². The Morgan fingerprint density at radius 2 is 0.692 bits per heavy atom. The van der Waals surface area contributed by atoms with Crippen molar-refractivity contribution in [1.82, 2.24) is 18.8 Å². The lowest BCUT2D eigenvalue weighted by molar-refractivity contribution is -0.383. The number of nitrogens with zero attached hydrogens (tertiary/aromatic N) is 6. The lowest BCUT2D eigenvalue weighted by Gasteiger charge is -2.24. The van der Waals surface area contributed by atoms with Crippen molar-refractivity contribution in [3.63, 3.8) is 0 Å². The maximum absolute atomic E-state index is 15.6. The number of nitro benzene ring substituents is 2. The summed E-state index contributed by atoms with van der Waals surface area (Å²) >= 11 is 0. The van der Waals surface area contributed by atoms with Crippen LogP contribution in [0.5, 0.6) is 5.75 Å². The molecule has 2 atom stereocenters. The fraction of sp³-hybridized carbons (Fsp3) is 0.467. The summed E-state index contributed by atoms with van der Waals surface area (Å²) < 4.78 is 10.00. The molecule has 0 radical (unpaired) electrons. The van der Waals surface area contributed by atoms with E-state index in [2.05, 4.69) is 84.6 Å². The molecule has 0 saturated heterocycles. The van der Waals surface area contributed by atoms with Gasteiger partial charge in [-0.2, -0.15) is 0 Å². The predicted molar refractivity (Wildman–Crippen MR) is 439 cm³/mol. The Kier molecular flexibility index (Phi) is 23.2. The van der Waals surface area contributed by atoms with E-state index in [1.54, 1.807) is 20.9 Å². The van der Waals surface area contributed by atoms with Crippen LogP contribution in [0.3, 0.4) is 0 Å². The molecule has 0 saturated carbocycles. The highest BCUT2D eigenvalue weighted by Crippen LogP contribution is 2.48. The van der Waals surface area contributed by atoms with Gasteiger partial charge in [-0.1, -0.05) is 262 Å². The first kappa shape index (κ1) is 73.7. The van der Waals surface area contributed by atoms with Gasteiger partial charge in [-0.15, -0.1) is 0 Å². The van der Waals surface area contributed by atoms with Crippen LogP contribution in [-0.4, -0.2) is 36.9 Å². The van der Waals surface area contributed by atoms with E-state index in [0.29, 0.717) is 77.6 Å². The number of hydrogen-bond donors (Lipinski definition) is 0. The molecule has 544 valence electrons. The molecule has 13 rings (SSSR count). The molecule has 0 N–H and O–H groups in total. The van der Waals surface area contributed by atoms with E-state index in [4.69, 9.17) is 14.4 Å². The number of unbranched alkanes of at least 4 members (excludes halogenated alkanes) is 24. The average Bonchev–Trinajstić information content (AvgIpc) is 1.17. The van der Waals surface area contributed by atoms with Crippen LogP contribution in [0.25, 0.3) is 120 Å². The summed E-state index contributed by atoms with van der Waals surface area (Å²) in [5, 5.41) is 35.8. The first-order valence-electron chi connectivity index (χ1n) is 40.2. The standard InChI is InChI=1S/C90H108N6O7Si/c1-9-13-17-21-25-27-31-35-38-60(37-33-29-23-19-15-11-3)62-49-59(5)50-63(51-62)66-55-77-85(79(57-66)95(99)100)91-87-73-45-41-69-72-44-48-76-84-74(46-42-70(82(72)84)71-43-47-75(83(73)81(69)71)89(97)93(77)87)88-92-86-78(94(88)90(76)98)56-67(58-80(86)96(101)102)65-52-64(53-68(54-65)103-104(6,7)8)61(39-34-30-24-20-16-12-4)40-36-32-28-26-22-18-14-10-2/h41-58,60-61H,9-40H2,1-8H3. The van der Waals surface area contributed by atoms with Gasteiger partial charge in [-0.05, 0) is 178 Å². The van der Waals surface area contributed by atoms with Crippen molar-refractivity contribution in [1.29, 1.82) is 0 Å². The Balaban J connectivity index is 0.893. The van der Waals surface area contributed by atoms with Crippen molar-refractivity contribution in [2.75, 3.05) is 0 Å². The summed E-state index contributed by atoms with van der Waals surface area (Å²) in [4.78, 5) is 67.4. The van der Waals surface area contributed by atoms with E-state index >= 15 is 9.59 Å². The highest BCUT2D eigenvalue weighted by molar-refractivity contribution is 6.70. The highest BCUT2D eigenvalue weighted by Gasteiger charge is 2.30. The van der Waals surface area contributed by atoms with Crippen LogP contribution in [0.2, 0.25) is 19.6 Å². The first-order chi connectivity index (χ1) is 50.5. The number of rotatable bonds is 40. The number of aromatic nitrogens is 4. The van der Waals surface area contributed by atoms with E-state index in [0.717, 1.165) is 93.3 Å². The van der Waals surface area contributed by atoms with E-state index in [9.17, 15) is 20.2 Å². The molecule has 13 aromatic rings. The third-order valence-corrected chi connectivity index (χ3v) is 23.7. The monoisotopic (exact) mass is 1410 g/mol. The van der Waals surface area contributed by atoms with Crippen molar-refractivity contribution >= 4 is 118 Å².